The molecular formula is C38H45N7O5. The average Bonchev–Trinajstić information content (AvgIpc) is 3.67. The second-order valence-corrected chi connectivity index (χ2v) is 14.4. The lowest BCUT2D eigenvalue weighted by atomic mass is 9.67. The fourth-order valence-corrected chi connectivity index (χ4v) is 8.92. The summed E-state index contributed by atoms with van der Waals surface area (Å²) in [5.41, 5.74) is 3.67. The fourth-order valence-electron chi connectivity index (χ4n) is 8.92. The third kappa shape index (κ3) is 5.91. The van der Waals surface area contributed by atoms with Crippen LogP contribution in [0, 0.1) is 17.2 Å². The zero-order valence-electron chi connectivity index (χ0n) is 29.0. The number of benzene rings is 2. The fraction of sp³-hybridized carbons (Fsp3) is 0.526. The van der Waals surface area contributed by atoms with Gasteiger partial charge in [0.1, 0.15) is 6.04 Å². The minimum absolute atomic E-state index is 0.0503. The number of fused-ring (bicyclic) bond motifs is 3. The SMILES string of the molecule is CNC(=O)c1ccc2c(c1)CCc1cc(C(=O)NC)ccc1C2(C[C@@H](C)NCC(=O)N1[C@H](C#N)C[C@@H]2C[C@@H]21)c1nc(=O)on1C1CCCCC1. The van der Waals surface area contributed by atoms with Crippen molar-refractivity contribution in [1.29, 1.82) is 5.26 Å². The minimum atomic E-state index is -1.05. The van der Waals surface area contributed by atoms with E-state index in [-0.39, 0.29) is 48.4 Å². The van der Waals surface area contributed by atoms with E-state index < -0.39 is 11.2 Å². The predicted molar refractivity (Wildman–Crippen MR) is 185 cm³/mol. The standard InChI is InChI=1S/C38H45N7O5/c1-22(42-21-33(46)44-29(20-39)17-27-18-32(27)44)19-38(36-43-37(49)50-45(36)28-7-5-4-6-8-28)30-13-11-25(34(47)40-2)15-23(30)9-10-24-16-26(35(48)41-3)12-14-31(24)38/h11-16,22,27-29,32,42H,4-10,17-19,21H2,1-3H3,(H,40,47)(H,41,48)/t22-,27-,29+,32+/m1/s1. The van der Waals surface area contributed by atoms with Crippen molar-refractivity contribution in [3.05, 3.63) is 86.2 Å². The van der Waals surface area contributed by atoms with E-state index in [2.05, 4.69) is 27.0 Å². The van der Waals surface area contributed by atoms with Crippen LogP contribution in [-0.2, 0) is 23.1 Å². The molecule has 0 bridgehead atoms. The van der Waals surface area contributed by atoms with Gasteiger partial charge in [-0.1, -0.05) is 31.4 Å². The van der Waals surface area contributed by atoms with Crippen molar-refractivity contribution in [2.75, 3.05) is 20.6 Å². The maximum Gasteiger partial charge on any atom is 0.459 e. The normalized spacial score (nSPS) is 22.7. The number of likely N-dealkylation sites (tertiary alicyclic amines) is 1. The van der Waals surface area contributed by atoms with Crippen LogP contribution in [0.15, 0.2) is 45.7 Å². The molecular weight excluding hydrogens is 634 g/mol. The molecule has 3 aliphatic carbocycles. The maximum absolute atomic E-state index is 13.5. The number of hydrogen-bond donors (Lipinski definition) is 3. The molecule has 3 N–H and O–H groups in total. The summed E-state index contributed by atoms with van der Waals surface area (Å²) in [6, 6.07) is 13.1. The molecule has 3 aromatic rings. The lowest BCUT2D eigenvalue weighted by Gasteiger charge is -2.39. The molecule has 12 heteroatoms. The Morgan fingerprint density at radius 1 is 0.980 bits per heavy atom. The molecule has 12 nitrogen and oxygen atoms in total. The molecule has 2 heterocycles. The number of nitrogens with one attached hydrogen (secondary N) is 3. The van der Waals surface area contributed by atoms with Crippen molar-refractivity contribution in [2.45, 2.75) is 101 Å². The number of rotatable bonds is 9. The number of carbonyl (C=O) groups excluding carboxylic acids is 3. The van der Waals surface area contributed by atoms with Gasteiger partial charge in [-0.2, -0.15) is 15.0 Å². The van der Waals surface area contributed by atoms with Crippen LogP contribution in [-0.4, -0.2) is 71.1 Å². The molecule has 7 rings (SSSR count). The smallest absolute Gasteiger partial charge is 0.355 e. The number of aromatic nitrogens is 2. The number of aryl methyl sites for hydroxylation is 2. The topological polar surface area (TPSA) is 162 Å². The minimum Gasteiger partial charge on any atom is -0.355 e. The number of nitrogens with zero attached hydrogens (tertiary/aromatic N) is 4. The van der Waals surface area contributed by atoms with Gasteiger partial charge in [0.15, 0.2) is 5.82 Å². The second kappa shape index (κ2) is 13.5. The van der Waals surface area contributed by atoms with Crippen molar-refractivity contribution in [1.82, 2.24) is 30.6 Å². The highest BCUT2D eigenvalue weighted by Crippen LogP contribution is 2.49. The zero-order valence-corrected chi connectivity index (χ0v) is 29.0. The summed E-state index contributed by atoms with van der Waals surface area (Å²) in [7, 11) is 3.21. The van der Waals surface area contributed by atoms with Gasteiger partial charge in [0, 0.05) is 37.3 Å². The molecule has 1 aliphatic heterocycles. The van der Waals surface area contributed by atoms with Crippen molar-refractivity contribution < 1.29 is 18.9 Å². The van der Waals surface area contributed by atoms with Gasteiger partial charge >= 0.3 is 5.76 Å². The van der Waals surface area contributed by atoms with Gasteiger partial charge in [0.05, 0.1) is 24.1 Å². The zero-order chi connectivity index (χ0) is 35.2. The van der Waals surface area contributed by atoms with Crippen LogP contribution in [0.2, 0.25) is 0 Å². The average molecular weight is 680 g/mol. The predicted octanol–water partition coefficient (Wildman–Crippen LogP) is 3.37. The van der Waals surface area contributed by atoms with Gasteiger partial charge in [-0.3, -0.25) is 14.4 Å². The first-order valence-electron chi connectivity index (χ1n) is 17.9. The molecule has 0 radical (unpaired) electrons. The Kier molecular flexibility index (Phi) is 9.11. The van der Waals surface area contributed by atoms with Gasteiger partial charge in [-0.25, -0.2) is 4.79 Å². The molecule has 0 unspecified atom stereocenters. The number of carbonyl (C=O) groups is 3. The van der Waals surface area contributed by atoms with E-state index in [1.807, 2.05) is 43.3 Å². The van der Waals surface area contributed by atoms with E-state index in [0.29, 0.717) is 42.1 Å². The lowest BCUT2D eigenvalue weighted by Crippen LogP contribution is -2.47. The molecule has 3 fully saturated rings. The van der Waals surface area contributed by atoms with Gasteiger partial charge in [-0.15, -0.1) is 0 Å². The quantitative estimate of drug-likeness (QED) is 0.310. The lowest BCUT2D eigenvalue weighted by molar-refractivity contribution is -0.131. The van der Waals surface area contributed by atoms with E-state index in [1.165, 1.54) is 0 Å². The molecule has 2 aromatic carbocycles. The summed E-state index contributed by atoms with van der Waals surface area (Å²) in [4.78, 5) is 58.9. The molecule has 3 amide bonds. The third-order valence-electron chi connectivity index (χ3n) is 11.4. The van der Waals surface area contributed by atoms with Crippen LogP contribution in [0.4, 0.5) is 0 Å². The van der Waals surface area contributed by atoms with Gasteiger partial charge < -0.3 is 25.4 Å². The summed E-state index contributed by atoms with van der Waals surface area (Å²) < 4.78 is 7.70. The molecule has 4 atom stereocenters. The Bertz CT molecular complexity index is 1850. The number of hydrogen-bond acceptors (Lipinski definition) is 8. The number of amides is 3. The first-order chi connectivity index (χ1) is 24.2. The Morgan fingerprint density at radius 3 is 2.18 bits per heavy atom. The summed E-state index contributed by atoms with van der Waals surface area (Å²) in [5, 5.41) is 18.6. The second-order valence-electron chi connectivity index (χ2n) is 14.4. The van der Waals surface area contributed by atoms with Gasteiger partial charge in [0.2, 0.25) is 5.91 Å². The molecule has 0 spiro atoms. The van der Waals surface area contributed by atoms with E-state index in [1.54, 1.807) is 23.7 Å². The largest absolute Gasteiger partial charge is 0.459 e. The number of nitriles is 1. The Balaban J connectivity index is 1.38. The highest BCUT2D eigenvalue weighted by atomic mass is 16.5. The van der Waals surface area contributed by atoms with Crippen LogP contribution in [0.25, 0.3) is 0 Å². The molecule has 2 saturated carbocycles. The van der Waals surface area contributed by atoms with Crippen molar-refractivity contribution in [3.8, 4) is 6.07 Å². The van der Waals surface area contributed by atoms with E-state index in [4.69, 9.17) is 4.52 Å². The van der Waals surface area contributed by atoms with Crippen LogP contribution < -0.4 is 21.7 Å². The Labute approximate surface area is 291 Å². The monoisotopic (exact) mass is 679 g/mol. The van der Waals surface area contributed by atoms with Gasteiger partial charge in [-0.05, 0) is 104 Å². The van der Waals surface area contributed by atoms with Crippen LogP contribution >= 0.6 is 0 Å². The molecule has 1 aromatic heterocycles. The first kappa shape index (κ1) is 33.7. The molecule has 4 aliphatic rings. The summed E-state index contributed by atoms with van der Waals surface area (Å²) in [6.07, 6.45) is 8.12. The third-order valence-corrected chi connectivity index (χ3v) is 11.4. The van der Waals surface area contributed by atoms with Gasteiger partial charge in [0.25, 0.3) is 11.8 Å². The molecule has 262 valence electrons. The van der Waals surface area contributed by atoms with Crippen LogP contribution in [0.3, 0.4) is 0 Å². The summed E-state index contributed by atoms with van der Waals surface area (Å²) in [5.74, 6) is -0.253. The van der Waals surface area contributed by atoms with E-state index in [0.717, 1.165) is 67.2 Å². The van der Waals surface area contributed by atoms with E-state index in [9.17, 15) is 24.4 Å². The summed E-state index contributed by atoms with van der Waals surface area (Å²) >= 11 is 0. The number of piperidine rings is 1. The highest BCUT2D eigenvalue weighted by molar-refractivity contribution is 5.95. The maximum atomic E-state index is 13.5. The van der Waals surface area contributed by atoms with Crippen molar-refractivity contribution >= 4 is 17.7 Å². The first-order valence-corrected chi connectivity index (χ1v) is 17.9. The van der Waals surface area contributed by atoms with Crippen LogP contribution in [0.5, 0.6) is 0 Å². The Morgan fingerprint density at radius 2 is 1.60 bits per heavy atom. The Hall–Kier alpha value is -4.76. The summed E-state index contributed by atoms with van der Waals surface area (Å²) in [6.45, 7) is 2.09. The van der Waals surface area contributed by atoms with Crippen LogP contribution in [0.1, 0.15) is 113 Å². The van der Waals surface area contributed by atoms with Crippen molar-refractivity contribution in [2.24, 2.45) is 5.92 Å². The van der Waals surface area contributed by atoms with E-state index >= 15 is 0 Å². The molecule has 50 heavy (non-hydrogen) atoms. The molecule has 1 saturated heterocycles. The highest BCUT2D eigenvalue weighted by Gasteiger charge is 2.54. The van der Waals surface area contributed by atoms with Crippen molar-refractivity contribution in [3.63, 3.8) is 0 Å².